The lowest BCUT2D eigenvalue weighted by molar-refractivity contribution is -0.128. The van der Waals surface area contributed by atoms with E-state index in [0.717, 1.165) is 29.8 Å². The SMILES string of the molecule is Cc1noc2nc(C(C)C)cc(C(=O)NCc3ccc(CN4CCCC4=O)cc3)c12. The van der Waals surface area contributed by atoms with Crippen LogP contribution in [0.3, 0.4) is 0 Å². The van der Waals surface area contributed by atoms with E-state index in [1.54, 1.807) is 0 Å². The van der Waals surface area contributed by atoms with Crippen molar-refractivity contribution < 1.29 is 14.1 Å². The summed E-state index contributed by atoms with van der Waals surface area (Å²) in [6.07, 6.45) is 1.59. The number of amides is 2. The minimum absolute atomic E-state index is 0.168. The number of nitrogens with zero attached hydrogens (tertiary/aromatic N) is 3. The van der Waals surface area contributed by atoms with Crippen LogP contribution in [0.15, 0.2) is 34.9 Å². The number of pyridine rings is 1. The summed E-state index contributed by atoms with van der Waals surface area (Å²) in [4.78, 5) is 31.1. The van der Waals surface area contributed by atoms with Gasteiger partial charge in [0.2, 0.25) is 5.91 Å². The van der Waals surface area contributed by atoms with Gasteiger partial charge in [0.25, 0.3) is 11.6 Å². The zero-order valence-electron chi connectivity index (χ0n) is 17.6. The molecule has 0 saturated carbocycles. The number of rotatable bonds is 6. The number of hydrogen-bond acceptors (Lipinski definition) is 5. The topological polar surface area (TPSA) is 88.3 Å². The summed E-state index contributed by atoms with van der Waals surface area (Å²) >= 11 is 0. The third-order valence-electron chi connectivity index (χ3n) is 5.49. The van der Waals surface area contributed by atoms with Gasteiger partial charge < -0.3 is 14.7 Å². The van der Waals surface area contributed by atoms with Gasteiger partial charge in [-0.05, 0) is 36.5 Å². The van der Waals surface area contributed by atoms with Gasteiger partial charge >= 0.3 is 0 Å². The highest BCUT2D eigenvalue weighted by Gasteiger charge is 2.21. The number of aryl methyl sites for hydroxylation is 1. The Kier molecular flexibility index (Phi) is 5.53. The van der Waals surface area contributed by atoms with Crippen molar-refractivity contribution in [3.05, 3.63) is 58.4 Å². The first-order valence-corrected chi connectivity index (χ1v) is 10.3. The second-order valence-electron chi connectivity index (χ2n) is 8.12. The molecule has 1 aliphatic rings. The minimum atomic E-state index is -0.178. The van der Waals surface area contributed by atoms with E-state index in [9.17, 15) is 9.59 Å². The molecule has 7 heteroatoms. The van der Waals surface area contributed by atoms with Crippen LogP contribution in [0.5, 0.6) is 0 Å². The fourth-order valence-corrected chi connectivity index (χ4v) is 3.72. The zero-order valence-corrected chi connectivity index (χ0v) is 17.6. The molecule has 2 aromatic heterocycles. The van der Waals surface area contributed by atoms with Gasteiger partial charge in [0.1, 0.15) is 0 Å². The van der Waals surface area contributed by atoms with Crippen LogP contribution in [0.4, 0.5) is 0 Å². The molecule has 0 radical (unpaired) electrons. The number of benzene rings is 1. The molecule has 0 aliphatic carbocycles. The number of hydrogen-bond donors (Lipinski definition) is 1. The molecule has 7 nitrogen and oxygen atoms in total. The summed E-state index contributed by atoms with van der Waals surface area (Å²) in [6, 6.07) is 9.82. The summed E-state index contributed by atoms with van der Waals surface area (Å²) in [6.45, 7) is 7.74. The maximum absolute atomic E-state index is 12.9. The van der Waals surface area contributed by atoms with E-state index in [4.69, 9.17) is 4.52 Å². The van der Waals surface area contributed by atoms with E-state index in [2.05, 4.69) is 15.5 Å². The lowest BCUT2D eigenvalue weighted by atomic mass is 10.0. The van der Waals surface area contributed by atoms with Crippen LogP contribution in [0.25, 0.3) is 11.1 Å². The Morgan fingerprint density at radius 3 is 2.63 bits per heavy atom. The van der Waals surface area contributed by atoms with E-state index in [-0.39, 0.29) is 17.7 Å². The molecule has 0 bridgehead atoms. The van der Waals surface area contributed by atoms with Crippen molar-refractivity contribution in [2.75, 3.05) is 6.54 Å². The molecule has 1 aromatic carbocycles. The highest BCUT2D eigenvalue weighted by atomic mass is 16.5. The third-order valence-corrected chi connectivity index (χ3v) is 5.49. The first kappa shape index (κ1) is 20.1. The van der Waals surface area contributed by atoms with Gasteiger partial charge in [0.15, 0.2) is 0 Å². The Bertz CT molecular complexity index is 1090. The van der Waals surface area contributed by atoms with Gasteiger partial charge in [-0.3, -0.25) is 9.59 Å². The Morgan fingerprint density at radius 1 is 1.23 bits per heavy atom. The summed E-state index contributed by atoms with van der Waals surface area (Å²) in [5.74, 6) is 0.212. The van der Waals surface area contributed by atoms with Gasteiger partial charge in [-0.15, -0.1) is 0 Å². The molecule has 156 valence electrons. The number of carbonyl (C=O) groups excluding carboxylic acids is 2. The quantitative estimate of drug-likeness (QED) is 0.674. The van der Waals surface area contributed by atoms with Crippen molar-refractivity contribution in [3.63, 3.8) is 0 Å². The fraction of sp³-hybridized carbons (Fsp3) is 0.391. The summed E-state index contributed by atoms with van der Waals surface area (Å²) in [7, 11) is 0. The molecule has 0 unspecified atom stereocenters. The smallest absolute Gasteiger partial charge is 0.259 e. The molecular weight excluding hydrogens is 380 g/mol. The van der Waals surface area contributed by atoms with E-state index in [1.165, 1.54) is 0 Å². The Balaban J connectivity index is 1.46. The largest absolute Gasteiger partial charge is 0.348 e. The Morgan fingerprint density at radius 2 is 1.97 bits per heavy atom. The molecule has 1 fully saturated rings. The van der Waals surface area contributed by atoms with Crippen LogP contribution >= 0.6 is 0 Å². The molecule has 0 atom stereocenters. The van der Waals surface area contributed by atoms with Crippen LogP contribution in [0, 0.1) is 6.92 Å². The van der Waals surface area contributed by atoms with Crippen molar-refractivity contribution in [2.45, 2.75) is 52.6 Å². The number of carbonyl (C=O) groups is 2. The zero-order chi connectivity index (χ0) is 21.3. The van der Waals surface area contributed by atoms with Crippen LogP contribution < -0.4 is 5.32 Å². The van der Waals surface area contributed by atoms with E-state index < -0.39 is 0 Å². The maximum atomic E-state index is 12.9. The molecule has 3 heterocycles. The molecule has 2 amide bonds. The highest BCUT2D eigenvalue weighted by Crippen LogP contribution is 2.25. The van der Waals surface area contributed by atoms with E-state index >= 15 is 0 Å². The molecular formula is C23H26N4O3. The van der Waals surface area contributed by atoms with E-state index in [1.807, 2.05) is 56.0 Å². The molecule has 1 saturated heterocycles. The maximum Gasteiger partial charge on any atom is 0.259 e. The number of aromatic nitrogens is 2. The first-order valence-electron chi connectivity index (χ1n) is 10.3. The monoisotopic (exact) mass is 406 g/mol. The van der Waals surface area contributed by atoms with Crippen molar-refractivity contribution in [1.82, 2.24) is 20.4 Å². The van der Waals surface area contributed by atoms with Crippen LogP contribution in [0.2, 0.25) is 0 Å². The van der Waals surface area contributed by atoms with Gasteiger partial charge in [-0.1, -0.05) is 43.3 Å². The fourth-order valence-electron chi connectivity index (χ4n) is 3.72. The van der Waals surface area contributed by atoms with Crippen molar-refractivity contribution >= 4 is 22.9 Å². The Hall–Kier alpha value is -3.22. The summed E-state index contributed by atoms with van der Waals surface area (Å²) in [5, 5.41) is 7.61. The first-order chi connectivity index (χ1) is 14.4. The van der Waals surface area contributed by atoms with Crippen molar-refractivity contribution in [1.29, 1.82) is 0 Å². The van der Waals surface area contributed by atoms with Gasteiger partial charge in [-0.25, -0.2) is 4.98 Å². The molecule has 1 N–H and O–H groups in total. The van der Waals surface area contributed by atoms with Crippen molar-refractivity contribution in [2.24, 2.45) is 0 Å². The highest BCUT2D eigenvalue weighted by molar-refractivity contribution is 6.06. The average Bonchev–Trinajstić information content (AvgIpc) is 3.32. The van der Waals surface area contributed by atoms with E-state index in [0.29, 0.717) is 41.9 Å². The average molecular weight is 406 g/mol. The lowest BCUT2D eigenvalue weighted by Crippen LogP contribution is -2.24. The van der Waals surface area contributed by atoms with Crippen LogP contribution in [-0.2, 0) is 17.9 Å². The van der Waals surface area contributed by atoms with Crippen LogP contribution in [-0.4, -0.2) is 33.4 Å². The summed E-state index contributed by atoms with van der Waals surface area (Å²) < 4.78 is 5.30. The summed E-state index contributed by atoms with van der Waals surface area (Å²) in [5.41, 5.74) is 4.47. The molecule has 4 rings (SSSR count). The Labute approximate surface area is 175 Å². The van der Waals surface area contributed by atoms with Crippen LogP contribution in [0.1, 0.15) is 65.5 Å². The van der Waals surface area contributed by atoms with Gasteiger partial charge in [0, 0.05) is 31.7 Å². The molecule has 1 aliphatic heterocycles. The lowest BCUT2D eigenvalue weighted by Gasteiger charge is -2.15. The molecule has 0 spiro atoms. The second-order valence-corrected chi connectivity index (χ2v) is 8.12. The molecule has 3 aromatic rings. The third kappa shape index (κ3) is 4.06. The number of likely N-dealkylation sites (tertiary alicyclic amines) is 1. The number of fused-ring (bicyclic) bond motifs is 1. The second kappa shape index (κ2) is 8.26. The van der Waals surface area contributed by atoms with Crippen molar-refractivity contribution in [3.8, 4) is 0 Å². The van der Waals surface area contributed by atoms with Gasteiger partial charge in [0.05, 0.1) is 16.6 Å². The minimum Gasteiger partial charge on any atom is -0.348 e. The standard InChI is InChI=1S/C23H26N4O3/c1-14(2)19-11-18(21-15(3)26-30-23(21)25-19)22(29)24-12-16-6-8-17(9-7-16)13-27-10-4-5-20(27)28/h6-9,11,14H,4-5,10,12-13H2,1-3H3,(H,24,29). The predicted octanol–water partition coefficient (Wildman–Crippen LogP) is 3.71. The number of nitrogens with one attached hydrogen (secondary N) is 1. The molecule has 30 heavy (non-hydrogen) atoms. The van der Waals surface area contributed by atoms with Gasteiger partial charge in [-0.2, -0.15) is 0 Å². The normalized spacial score (nSPS) is 14.1. The predicted molar refractivity (Wildman–Crippen MR) is 113 cm³/mol.